The van der Waals surface area contributed by atoms with Gasteiger partial charge in [-0.05, 0) is 25.5 Å². The predicted molar refractivity (Wildman–Crippen MR) is 82.7 cm³/mol. The maximum absolute atomic E-state index is 12.5. The summed E-state index contributed by atoms with van der Waals surface area (Å²) in [5.74, 6) is -0.0777. The molecule has 0 saturated carbocycles. The molecule has 1 aliphatic rings. The van der Waals surface area contributed by atoms with Gasteiger partial charge in [0.05, 0.1) is 29.9 Å². The van der Waals surface area contributed by atoms with E-state index in [-0.39, 0.29) is 24.1 Å². The Morgan fingerprint density at radius 1 is 1.45 bits per heavy atom. The smallest absolute Gasteiger partial charge is 0.261 e. The van der Waals surface area contributed by atoms with Crippen LogP contribution in [0.2, 0.25) is 0 Å². The van der Waals surface area contributed by atoms with Crippen LogP contribution >= 0.6 is 0 Å². The minimum Gasteiger partial charge on any atom is -0.375 e. The highest BCUT2D eigenvalue weighted by Crippen LogP contribution is 2.11. The molecule has 0 aliphatic carbocycles. The number of rotatable bonds is 2. The normalized spacial score (nSPS) is 18.6. The number of para-hydroxylation sites is 1. The van der Waals surface area contributed by atoms with E-state index < -0.39 is 0 Å². The largest absolute Gasteiger partial charge is 0.375 e. The Kier molecular flexibility index (Phi) is 3.94. The first-order valence-corrected chi connectivity index (χ1v) is 7.40. The molecule has 2 aromatic rings. The van der Waals surface area contributed by atoms with Crippen LogP contribution in [0.5, 0.6) is 0 Å². The zero-order valence-electron chi connectivity index (χ0n) is 12.8. The number of benzene rings is 1. The van der Waals surface area contributed by atoms with Gasteiger partial charge in [-0.15, -0.1) is 0 Å². The summed E-state index contributed by atoms with van der Waals surface area (Å²) < 4.78 is 6.81. The molecule has 1 aromatic heterocycles. The summed E-state index contributed by atoms with van der Waals surface area (Å²) in [7, 11) is 0. The van der Waals surface area contributed by atoms with Crippen molar-refractivity contribution in [1.82, 2.24) is 14.5 Å². The fraction of sp³-hybridized carbons (Fsp3) is 0.438. The molecule has 0 bridgehead atoms. The van der Waals surface area contributed by atoms with Crippen molar-refractivity contribution in [3.63, 3.8) is 0 Å². The average molecular weight is 301 g/mol. The van der Waals surface area contributed by atoms with Gasteiger partial charge in [-0.2, -0.15) is 0 Å². The molecule has 0 N–H and O–H groups in total. The number of carbonyl (C=O) groups excluding carboxylic acids is 1. The van der Waals surface area contributed by atoms with Gasteiger partial charge in [-0.3, -0.25) is 14.2 Å². The van der Waals surface area contributed by atoms with Crippen molar-refractivity contribution in [1.29, 1.82) is 0 Å². The number of carbonyl (C=O) groups is 1. The number of nitrogens with zero attached hydrogens (tertiary/aromatic N) is 3. The summed E-state index contributed by atoms with van der Waals surface area (Å²) >= 11 is 0. The number of fused-ring (bicyclic) bond motifs is 1. The van der Waals surface area contributed by atoms with E-state index in [1.807, 2.05) is 26.0 Å². The number of hydrogen-bond acceptors (Lipinski definition) is 4. The summed E-state index contributed by atoms with van der Waals surface area (Å²) in [5.41, 5.74) is 1.47. The third-order valence-corrected chi connectivity index (χ3v) is 3.95. The molecule has 1 fully saturated rings. The average Bonchev–Trinajstić information content (AvgIpc) is 2.50. The van der Waals surface area contributed by atoms with Gasteiger partial charge in [0.1, 0.15) is 6.54 Å². The molecule has 2 heterocycles. The number of morpholine rings is 1. The first-order valence-electron chi connectivity index (χ1n) is 7.40. The van der Waals surface area contributed by atoms with E-state index in [0.717, 1.165) is 5.56 Å². The van der Waals surface area contributed by atoms with Gasteiger partial charge >= 0.3 is 0 Å². The number of aryl methyl sites for hydroxylation is 1. The summed E-state index contributed by atoms with van der Waals surface area (Å²) in [4.78, 5) is 30.9. The molecule has 1 aliphatic heterocycles. The molecule has 0 spiro atoms. The number of aromatic nitrogens is 2. The van der Waals surface area contributed by atoms with Crippen LogP contribution in [0.1, 0.15) is 12.5 Å². The van der Waals surface area contributed by atoms with E-state index >= 15 is 0 Å². The van der Waals surface area contributed by atoms with Gasteiger partial charge in [-0.25, -0.2) is 4.98 Å². The summed E-state index contributed by atoms with van der Waals surface area (Å²) in [6.07, 6.45) is 1.49. The van der Waals surface area contributed by atoms with Gasteiger partial charge in [0.15, 0.2) is 0 Å². The summed E-state index contributed by atoms with van der Waals surface area (Å²) in [6, 6.07) is 5.49. The molecule has 1 saturated heterocycles. The van der Waals surface area contributed by atoms with Gasteiger partial charge in [-0.1, -0.05) is 12.1 Å². The van der Waals surface area contributed by atoms with Crippen molar-refractivity contribution >= 4 is 16.8 Å². The molecule has 6 nitrogen and oxygen atoms in total. The lowest BCUT2D eigenvalue weighted by Gasteiger charge is -2.31. The number of amides is 1. The van der Waals surface area contributed by atoms with Crippen LogP contribution in [0, 0.1) is 6.92 Å². The molecule has 1 atom stereocenters. The van der Waals surface area contributed by atoms with Crippen molar-refractivity contribution in [3.8, 4) is 0 Å². The van der Waals surface area contributed by atoms with Crippen molar-refractivity contribution < 1.29 is 9.53 Å². The fourth-order valence-corrected chi connectivity index (χ4v) is 2.74. The lowest BCUT2D eigenvalue weighted by Crippen LogP contribution is -2.46. The Morgan fingerprint density at radius 2 is 2.27 bits per heavy atom. The minimum absolute atomic E-state index is 0.0163. The van der Waals surface area contributed by atoms with E-state index in [1.54, 1.807) is 11.0 Å². The lowest BCUT2D eigenvalue weighted by atomic mass is 10.1. The SMILES string of the molecule is Cc1cccc2c(=O)n(CC(=O)N3CCO[C@@H](C)C3)cnc12. The predicted octanol–water partition coefficient (Wildman–Crippen LogP) is 0.952. The van der Waals surface area contributed by atoms with Crippen molar-refractivity contribution in [2.75, 3.05) is 19.7 Å². The van der Waals surface area contributed by atoms with Crippen LogP contribution in [-0.4, -0.2) is 46.2 Å². The number of ether oxygens (including phenoxy) is 1. The second-order valence-electron chi connectivity index (χ2n) is 5.67. The van der Waals surface area contributed by atoms with Crippen molar-refractivity contribution in [2.24, 2.45) is 0 Å². The van der Waals surface area contributed by atoms with Crippen LogP contribution in [0.25, 0.3) is 10.9 Å². The van der Waals surface area contributed by atoms with E-state index in [2.05, 4.69) is 4.98 Å². The molecular formula is C16H19N3O3. The Morgan fingerprint density at radius 3 is 3.05 bits per heavy atom. The Balaban J connectivity index is 1.86. The van der Waals surface area contributed by atoms with Gasteiger partial charge in [0, 0.05) is 13.1 Å². The maximum atomic E-state index is 12.5. The van der Waals surface area contributed by atoms with Crippen LogP contribution < -0.4 is 5.56 Å². The molecule has 0 radical (unpaired) electrons. The quantitative estimate of drug-likeness (QED) is 0.828. The van der Waals surface area contributed by atoms with Crippen LogP contribution in [0.15, 0.2) is 29.3 Å². The molecule has 1 aromatic carbocycles. The Labute approximate surface area is 128 Å². The minimum atomic E-state index is -0.177. The Bertz CT molecular complexity index is 769. The lowest BCUT2D eigenvalue weighted by molar-refractivity contribution is -0.138. The fourth-order valence-electron chi connectivity index (χ4n) is 2.74. The van der Waals surface area contributed by atoms with Gasteiger partial charge in [0.2, 0.25) is 5.91 Å². The zero-order chi connectivity index (χ0) is 15.7. The Hall–Kier alpha value is -2.21. The highest BCUT2D eigenvalue weighted by molar-refractivity contribution is 5.81. The third-order valence-electron chi connectivity index (χ3n) is 3.95. The highest BCUT2D eigenvalue weighted by Gasteiger charge is 2.22. The number of hydrogen-bond donors (Lipinski definition) is 0. The van der Waals surface area contributed by atoms with Gasteiger partial charge in [0.25, 0.3) is 5.56 Å². The van der Waals surface area contributed by atoms with E-state index in [9.17, 15) is 9.59 Å². The molecule has 116 valence electrons. The van der Waals surface area contributed by atoms with Crippen LogP contribution in [0.3, 0.4) is 0 Å². The summed E-state index contributed by atoms with van der Waals surface area (Å²) in [5, 5.41) is 0.547. The van der Waals surface area contributed by atoms with E-state index in [1.165, 1.54) is 10.9 Å². The topological polar surface area (TPSA) is 64.4 Å². The third kappa shape index (κ3) is 2.74. The van der Waals surface area contributed by atoms with Gasteiger partial charge < -0.3 is 9.64 Å². The molecule has 1 amide bonds. The standard InChI is InChI=1S/C16H19N3O3/c1-11-4-3-5-13-15(11)17-10-19(16(13)21)9-14(20)18-6-7-22-12(2)8-18/h3-5,10,12H,6-9H2,1-2H3/t12-/m0/s1. The molecule has 3 rings (SSSR count). The van der Waals surface area contributed by atoms with Crippen molar-refractivity contribution in [2.45, 2.75) is 26.5 Å². The second-order valence-corrected chi connectivity index (χ2v) is 5.67. The summed E-state index contributed by atoms with van der Waals surface area (Å²) in [6.45, 7) is 5.54. The zero-order valence-corrected chi connectivity index (χ0v) is 12.8. The first kappa shape index (κ1) is 14.7. The van der Waals surface area contributed by atoms with E-state index in [4.69, 9.17) is 4.74 Å². The van der Waals surface area contributed by atoms with E-state index in [0.29, 0.717) is 30.6 Å². The van der Waals surface area contributed by atoms with Crippen LogP contribution in [0.4, 0.5) is 0 Å². The highest BCUT2D eigenvalue weighted by atomic mass is 16.5. The first-order chi connectivity index (χ1) is 10.6. The van der Waals surface area contributed by atoms with Crippen molar-refractivity contribution in [3.05, 3.63) is 40.4 Å². The maximum Gasteiger partial charge on any atom is 0.261 e. The second kappa shape index (κ2) is 5.88. The molecular weight excluding hydrogens is 282 g/mol. The molecule has 0 unspecified atom stereocenters. The van der Waals surface area contributed by atoms with Crippen LogP contribution in [-0.2, 0) is 16.1 Å². The monoisotopic (exact) mass is 301 g/mol. The molecule has 6 heteroatoms. The molecule has 22 heavy (non-hydrogen) atoms.